The summed E-state index contributed by atoms with van der Waals surface area (Å²) in [5.74, 6) is -0.382. The molecular weight excluding hydrogens is 310 g/mol. The van der Waals surface area contributed by atoms with Gasteiger partial charge in [0.25, 0.3) is 5.91 Å². The molecule has 0 bridgehead atoms. The Hall–Kier alpha value is -2.74. The van der Waals surface area contributed by atoms with Crippen molar-refractivity contribution in [3.8, 4) is 0 Å². The second-order valence-corrected chi connectivity index (χ2v) is 4.73. The van der Waals surface area contributed by atoms with Crippen molar-refractivity contribution in [1.29, 1.82) is 0 Å². The van der Waals surface area contributed by atoms with E-state index in [1.165, 1.54) is 10.8 Å². The molecule has 22 heavy (non-hydrogen) atoms. The molecule has 0 saturated heterocycles. The molecule has 1 heterocycles. The zero-order valence-electron chi connectivity index (χ0n) is 11.6. The smallest absolute Gasteiger partial charge is 0.343 e. The highest BCUT2D eigenvalue weighted by Crippen LogP contribution is 2.13. The van der Waals surface area contributed by atoms with E-state index in [9.17, 15) is 14.9 Å². The Morgan fingerprint density at radius 1 is 1.55 bits per heavy atom. The topological polar surface area (TPSA) is 102 Å². The molecule has 0 unspecified atom stereocenters. The summed E-state index contributed by atoms with van der Waals surface area (Å²) in [4.78, 5) is 25.8. The van der Waals surface area contributed by atoms with E-state index in [0.717, 1.165) is 6.20 Å². The van der Waals surface area contributed by atoms with Crippen molar-refractivity contribution < 1.29 is 9.72 Å². The van der Waals surface area contributed by atoms with E-state index in [1.54, 1.807) is 31.2 Å². The summed E-state index contributed by atoms with van der Waals surface area (Å²) in [6.45, 7) is 1.33. The number of halogens is 1. The lowest BCUT2D eigenvalue weighted by Gasteiger charge is -2.02. The fourth-order valence-electron chi connectivity index (χ4n) is 1.73. The average molecular weight is 322 g/mol. The second kappa shape index (κ2) is 6.81. The first kappa shape index (κ1) is 15.6. The van der Waals surface area contributed by atoms with Gasteiger partial charge >= 0.3 is 5.82 Å². The predicted octanol–water partition coefficient (Wildman–Crippen LogP) is 1.90. The van der Waals surface area contributed by atoms with E-state index in [0.29, 0.717) is 16.4 Å². The number of nitrogens with zero attached hydrogens (tertiary/aromatic N) is 4. The number of nitrogens with one attached hydrogen (secondary N) is 1. The Labute approximate surface area is 130 Å². The van der Waals surface area contributed by atoms with Crippen LogP contribution in [-0.2, 0) is 11.3 Å². The zero-order valence-corrected chi connectivity index (χ0v) is 12.3. The summed E-state index contributed by atoms with van der Waals surface area (Å²) >= 11 is 5.94. The van der Waals surface area contributed by atoms with Crippen molar-refractivity contribution in [2.75, 3.05) is 0 Å². The summed E-state index contributed by atoms with van der Waals surface area (Å²) in [5.41, 5.74) is 2.94. The van der Waals surface area contributed by atoms with Crippen LogP contribution in [0.1, 0.15) is 11.4 Å². The molecule has 9 heteroatoms. The van der Waals surface area contributed by atoms with Crippen LogP contribution in [0.25, 0.3) is 0 Å². The van der Waals surface area contributed by atoms with Crippen molar-refractivity contribution in [3.05, 3.63) is 57.0 Å². The van der Waals surface area contributed by atoms with Gasteiger partial charge in [-0.05, 0) is 11.0 Å². The quantitative estimate of drug-likeness (QED) is 0.516. The van der Waals surface area contributed by atoms with Gasteiger partial charge in [-0.25, -0.2) is 15.0 Å². The first-order valence-corrected chi connectivity index (χ1v) is 6.60. The van der Waals surface area contributed by atoms with Crippen molar-refractivity contribution in [3.63, 3.8) is 0 Å². The molecule has 2 rings (SSSR count). The SMILES string of the molecule is Cc1ncc([N+](=O)[O-])n1CC(=O)N/N=C\c1ccccc1Cl. The number of hydrogen-bond donors (Lipinski definition) is 1. The lowest BCUT2D eigenvalue weighted by molar-refractivity contribution is -0.392. The Kier molecular flexibility index (Phi) is 4.84. The van der Waals surface area contributed by atoms with Crippen LogP contribution in [0.4, 0.5) is 5.82 Å². The Bertz CT molecular complexity index is 741. The van der Waals surface area contributed by atoms with Crippen LogP contribution in [0.15, 0.2) is 35.6 Å². The van der Waals surface area contributed by atoms with Gasteiger partial charge in [-0.2, -0.15) is 5.10 Å². The number of carbonyl (C=O) groups is 1. The average Bonchev–Trinajstić information content (AvgIpc) is 2.82. The number of hydrogen-bond acceptors (Lipinski definition) is 5. The second-order valence-electron chi connectivity index (χ2n) is 4.32. The maximum absolute atomic E-state index is 11.8. The third-order valence-electron chi connectivity index (χ3n) is 2.82. The number of aryl methyl sites for hydroxylation is 1. The normalized spacial score (nSPS) is 10.8. The Balaban J connectivity index is 2.01. The van der Waals surface area contributed by atoms with Gasteiger partial charge in [-0.1, -0.05) is 29.8 Å². The van der Waals surface area contributed by atoms with Crippen molar-refractivity contribution >= 4 is 29.5 Å². The maximum Gasteiger partial charge on any atom is 0.343 e. The number of aromatic nitrogens is 2. The predicted molar refractivity (Wildman–Crippen MR) is 80.8 cm³/mol. The first-order valence-electron chi connectivity index (χ1n) is 6.22. The molecule has 0 spiro atoms. The molecule has 114 valence electrons. The van der Waals surface area contributed by atoms with E-state index in [-0.39, 0.29) is 12.4 Å². The number of carbonyl (C=O) groups excluding carboxylic acids is 1. The van der Waals surface area contributed by atoms with Gasteiger partial charge < -0.3 is 10.1 Å². The van der Waals surface area contributed by atoms with E-state index >= 15 is 0 Å². The highest BCUT2D eigenvalue weighted by Gasteiger charge is 2.19. The molecule has 1 aromatic heterocycles. The zero-order chi connectivity index (χ0) is 16.1. The van der Waals surface area contributed by atoms with Gasteiger partial charge in [-0.15, -0.1) is 0 Å². The van der Waals surface area contributed by atoms with E-state index in [4.69, 9.17) is 11.6 Å². The lowest BCUT2D eigenvalue weighted by atomic mass is 10.2. The van der Waals surface area contributed by atoms with Crippen LogP contribution in [0.5, 0.6) is 0 Å². The molecule has 1 N–H and O–H groups in total. The standard InChI is InChI=1S/C13H12ClN5O3/c1-9-15-7-13(19(21)22)18(9)8-12(20)17-16-6-10-4-2-3-5-11(10)14/h2-7H,8H2,1H3,(H,17,20)/b16-6-. The molecule has 1 amide bonds. The number of amides is 1. The molecule has 0 saturated carbocycles. The molecule has 0 atom stereocenters. The molecule has 0 radical (unpaired) electrons. The number of nitro groups is 1. The van der Waals surface area contributed by atoms with Crippen LogP contribution < -0.4 is 5.43 Å². The van der Waals surface area contributed by atoms with Gasteiger partial charge in [0, 0.05) is 17.5 Å². The number of hydrazone groups is 1. The number of rotatable bonds is 5. The van der Waals surface area contributed by atoms with Gasteiger partial charge in [0.05, 0.1) is 6.21 Å². The summed E-state index contributed by atoms with van der Waals surface area (Å²) < 4.78 is 1.19. The van der Waals surface area contributed by atoms with Gasteiger partial charge in [-0.3, -0.25) is 4.79 Å². The fraction of sp³-hybridized carbons (Fsp3) is 0.154. The summed E-state index contributed by atoms with van der Waals surface area (Å²) in [7, 11) is 0. The molecule has 0 aliphatic heterocycles. The number of benzene rings is 1. The fourth-order valence-corrected chi connectivity index (χ4v) is 1.91. The minimum atomic E-state index is -0.597. The lowest BCUT2D eigenvalue weighted by Crippen LogP contribution is -2.24. The van der Waals surface area contributed by atoms with Gasteiger partial charge in [0.1, 0.15) is 6.20 Å². The van der Waals surface area contributed by atoms with Crippen LogP contribution in [-0.4, -0.2) is 26.6 Å². The van der Waals surface area contributed by atoms with E-state index in [1.807, 2.05) is 0 Å². The third kappa shape index (κ3) is 3.67. The van der Waals surface area contributed by atoms with Crippen LogP contribution >= 0.6 is 11.6 Å². The third-order valence-corrected chi connectivity index (χ3v) is 3.17. The monoisotopic (exact) mass is 321 g/mol. The first-order chi connectivity index (χ1) is 10.5. The Morgan fingerprint density at radius 2 is 2.27 bits per heavy atom. The molecule has 1 aromatic carbocycles. The Morgan fingerprint density at radius 3 is 2.95 bits per heavy atom. The largest absolute Gasteiger partial charge is 0.358 e. The van der Waals surface area contributed by atoms with Crippen molar-refractivity contribution in [2.45, 2.75) is 13.5 Å². The van der Waals surface area contributed by atoms with Gasteiger partial charge in [0.2, 0.25) is 0 Å². The molecule has 0 aliphatic carbocycles. The highest BCUT2D eigenvalue weighted by molar-refractivity contribution is 6.33. The summed E-state index contributed by atoms with van der Waals surface area (Å²) in [5, 5.41) is 15.1. The van der Waals surface area contributed by atoms with Crippen molar-refractivity contribution in [1.82, 2.24) is 15.0 Å². The van der Waals surface area contributed by atoms with E-state index in [2.05, 4.69) is 15.5 Å². The van der Waals surface area contributed by atoms with Crippen LogP contribution in [0.2, 0.25) is 5.02 Å². The maximum atomic E-state index is 11.8. The van der Waals surface area contributed by atoms with Crippen molar-refractivity contribution in [2.24, 2.45) is 5.10 Å². The summed E-state index contributed by atoms with van der Waals surface area (Å²) in [6, 6.07) is 7.00. The molecule has 8 nitrogen and oxygen atoms in total. The number of imidazole rings is 1. The molecule has 2 aromatic rings. The minimum absolute atomic E-state index is 0.247. The highest BCUT2D eigenvalue weighted by atomic mass is 35.5. The molecule has 0 fully saturated rings. The van der Waals surface area contributed by atoms with Gasteiger partial charge in [0.15, 0.2) is 12.4 Å². The summed E-state index contributed by atoms with van der Waals surface area (Å²) in [6.07, 6.45) is 2.50. The molecule has 0 aliphatic rings. The molecular formula is C13H12ClN5O3. The van der Waals surface area contributed by atoms with Crippen LogP contribution in [0, 0.1) is 17.0 Å². The minimum Gasteiger partial charge on any atom is -0.358 e. The van der Waals surface area contributed by atoms with E-state index < -0.39 is 10.8 Å². The van der Waals surface area contributed by atoms with Crippen LogP contribution in [0.3, 0.4) is 0 Å².